The van der Waals surface area contributed by atoms with E-state index in [4.69, 9.17) is 0 Å². The number of benzene rings is 2. The van der Waals surface area contributed by atoms with Crippen molar-refractivity contribution in [2.24, 2.45) is 0 Å². The van der Waals surface area contributed by atoms with Gasteiger partial charge in [0, 0.05) is 45.3 Å². The van der Waals surface area contributed by atoms with Crippen LogP contribution in [0.1, 0.15) is 17.5 Å². The average Bonchev–Trinajstić information content (AvgIpc) is 3.10. The zero-order valence-electron chi connectivity index (χ0n) is 17.1. The monoisotopic (exact) mass is 409 g/mol. The van der Waals surface area contributed by atoms with Crippen molar-refractivity contribution in [3.05, 3.63) is 71.5 Å². The molecule has 0 saturated carbocycles. The molecular weight excluding hydrogens is 381 g/mol. The Morgan fingerprint density at radius 2 is 1.73 bits per heavy atom. The van der Waals surface area contributed by atoms with Gasteiger partial charge < -0.3 is 10.0 Å². The summed E-state index contributed by atoms with van der Waals surface area (Å²) < 4.78 is 13.2. The Labute approximate surface area is 176 Å². The highest BCUT2D eigenvalue weighted by atomic mass is 19.1. The molecule has 0 radical (unpaired) electrons. The summed E-state index contributed by atoms with van der Waals surface area (Å²) in [6.45, 7) is 4.60. The predicted molar refractivity (Wildman–Crippen MR) is 112 cm³/mol. The van der Waals surface area contributed by atoms with Crippen molar-refractivity contribution in [2.75, 3.05) is 32.7 Å². The van der Waals surface area contributed by atoms with E-state index >= 15 is 0 Å². The van der Waals surface area contributed by atoms with Gasteiger partial charge in [0.15, 0.2) is 0 Å². The molecule has 2 aromatic rings. The van der Waals surface area contributed by atoms with Crippen molar-refractivity contribution >= 4 is 5.91 Å². The molecule has 3 aliphatic heterocycles. The third-order valence-corrected chi connectivity index (χ3v) is 6.82. The van der Waals surface area contributed by atoms with Crippen molar-refractivity contribution < 1.29 is 14.3 Å². The summed E-state index contributed by atoms with van der Waals surface area (Å²) in [4.78, 5) is 19.9. The minimum absolute atomic E-state index is 0.0905. The van der Waals surface area contributed by atoms with Crippen LogP contribution in [0.25, 0.3) is 0 Å². The van der Waals surface area contributed by atoms with Gasteiger partial charge in [-0.25, -0.2) is 4.39 Å². The molecule has 3 fully saturated rings. The van der Waals surface area contributed by atoms with Crippen LogP contribution in [0.3, 0.4) is 0 Å². The van der Waals surface area contributed by atoms with Crippen molar-refractivity contribution in [1.82, 2.24) is 14.7 Å². The predicted octanol–water partition coefficient (Wildman–Crippen LogP) is 1.90. The van der Waals surface area contributed by atoms with E-state index in [2.05, 4.69) is 9.80 Å². The fourth-order valence-corrected chi connectivity index (χ4v) is 5.51. The van der Waals surface area contributed by atoms with E-state index in [1.54, 1.807) is 0 Å². The molecule has 3 heterocycles. The third kappa shape index (κ3) is 3.75. The summed E-state index contributed by atoms with van der Waals surface area (Å²) in [5, 5.41) is 10.3. The first-order chi connectivity index (χ1) is 14.5. The van der Waals surface area contributed by atoms with Crippen LogP contribution < -0.4 is 0 Å². The van der Waals surface area contributed by atoms with E-state index in [9.17, 15) is 14.3 Å². The van der Waals surface area contributed by atoms with Crippen LogP contribution >= 0.6 is 0 Å². The van der Waals surface area contributed by atoms with Crippen molar-refractivity contribution in [2.45, 2.75) is 37.1 Å². The Balaban J connectivity index is 1.28. The van der Waals surface area contributed by atoms with Crippen molar-refractivity contribution in [1.29, 1.82) is 0 Å². The number of fused-ring (bicyclic) bond motifs is 2. The first-order valence-corrected chi connectivity index (χ1v) is 10.7. The second-order valence-electron chi connectivity index (χ2n) is 9.13. The molecule has 5 rings (SSSR count). The summed E-state index contributed by atoms with van der Waals surface area (Å²) >= 11 is 0. The van der Waals surface area contributed by atoms with Crippen LogP contribution in [-0.4, -0.2) is 76.1 Å². The van der Waals surface area contributed by atoms with E-state index in [1.807, 2.05) is 47.4 Å². The Bertz CT molecular complexity index is 898. The number of piperazine rings is 1. The number of nitrogens with zero attached hydrogens (tertiary/aromatic N) is 3. The number of amides is 1. The maximum absolute atomic E-state index is 13.2. The van der Waals surface area contributed by atoms with E-state index < -0.39 is 0 Å². The number of hydrogen-bond donors (Lipinski definition) is 1. The van der Waals surface area contributed by atoms with E-state index in [0.29, 0.717) is 26.1 Å². The summed E-state index contributed by atoms with van der Waals surface area (Å²) in [5.74, 6) is -0.0498. The minimum atomic E-state index is -0.317. The molecule has 1 amide bonds. The summed E-state index contributed by atoms with van der Waals surface area (Å²) in [5.41, 5.74) is 2.04. The first kappa shape index (κ1) is 19.7. The Hall–Kier alpha value is -2.28. The largest absolute Gasteiger partial charge is 0.392 e. The number of hydrogen-bond acceptors (Lipinski definition) is 4. The number of likely N-dealkylation sites (tertiary alicyclic amines) is 1. The number of aliphatic hydroxyl groups excluding tert-OH is 1. The zero-order chi connectivity index (χ0) is 20.7. The number of rotatable bonds is 4. The maximum atomic E-state index is 13.2. The van der Waals surface area contributed by atoms with Crippen LogP contribution in [0.5, 0.6) is 0 Å². The van der Waals surface area contributed by atoms with Crippen LogP contribution in [-0.2, 0) is 17.8 Å². The number of halogens is 1. The molecule has 2 unspecified atom stereocenters. The first-order valence-electron chi connectivity index (χ1n) is 10.7. The highest BCUT2D eigenvalue weighted by molar-refractivity contribution is 5.79. The van der Waals surface area contributed by atoms with E-state index in [0.717, 1.165) is 37.2 Å². The molecule has 6 heteroatoms. The van der Waals surface area contributed by atoms with Crippen LogP contribution in [0.4, 0.5) is 4.39 Å². The smallest absolute Gasteiger partial charge is 0.227 e. The highest BCUT2D eigenvalue weighted by Gasteiger charge is 2.56. The molecule has 2 atom stereocenters. The number of aliphatic hydroxyl groups is 1. The van der Waals surface area contributed by atoms with Crippen molar-refractivity contribution in [3.8, 4) is 0 Å². The SMILES string of the molecule is O=C(Cc1ccccc1)N1CC2CC(O)CN2C2(CN(Cc3ccc(F)cc3)C2)C1. The lowest BCUT2D eigenvalue weighted by molar-refractivity contribution is -0.150. The van der Waals surface area contributed by atoms with Gasteiger partial charge in [-0.15, -0.1) is 0 Å². The van der Waals surface area contributed by atoms with Crippen molar-refractivity contribution in [3.63, 3.8) is 0 Å². The van der Waals surface area contributed by atoms with E-state index in [-0.39, 0.29) is 29.4 Å². The summed E-state index contributed by atoms with van der Waals surface area (Å²) in [6, 6.07) is 16.8. The molecule has 0 aromatic heterocycles. The minimum Gasteiger partial charge on any atom is -0.392 e. The van der Waals surface area contributed by atoms with Gasteiger partial charge in [-0.05, 0) is 29.7 Å². The fourth-order valence-electron chi connectivity index (χ4n) is 5.51. The molecule has 30 heavy (non-hydrogen) atoms. The van der Waals surface area contributed by atoms with Gasteiger partial charge in [-0.3, -0.25) is 14.6 Å². The van der Waals surface area contributed by atoms with Crippen LogP contribution in [0.2, 0.25) is 0 Å². The van der Waals surface area contributed by atoms with Gasteiger partial charge in [0.2, 0.25) is 5.91 Å². The second-order valence-corrected chi connectivity index (χ2v) is 9.13. The van der Waals surface area contributed by atoms with Gasteiger partial charge in [0.25, 0.3) is 0 Å². The average molecular weight is 410 g/mol. The molecule has 1 N–H and O–H groups in total. The van der Waals surface area contributed by atoms with Gasteiger partial charge in [0.1, 0.15) is 5.82 Å². The second kappa shape index (κ2) is 7.76. The van der Waals surface area contributed by atoms with Crippen LogP contribution in [0.15, 0.2) is 54.6 Å². The number of carbonyl (C=O) groups excluding carboxylic acids is 1. The molecule has 1 spiro atoms. The van der Waals surface area contributed by atoms with Crippen LogP contribution in [0, 0.1) is 5.82 Å². The van der Waals surface area contributed by atoms with E-state index in [1.165, 1.54) is 12.1 Å². The third-order valence-electron chi connectivity index (χ3n) is 6.82. The Morgan fingerprint density at radius 1 is 1.00 bits per heavy atom. The lowest BCUT2D eigenvalue weighted by atomic mass is 9.83. The fraction of sp³-hybridized carbons (Fsp3) is 0.458. The molecule has 0 aliphatic carbocycles. The lowest BCUT2D eigenvalue weighted by Gasteiger charge is -2.61. The number of β-amino-alcohol motifs (C(OH)–C–C–N with tert-alkyl or cyclic N) is 1. The number of carbonyl (C=O) groups is 1. The molecule has 3 aliphatic rings. The summed E-state index contributed by atoms with van der Waals surface area (Å²) in [7, 11) is 0. The van der Waals surface area contributed by atoms with Gasteiger partial charge in [-0.1, -0.05) is 42.5 Å². The molecule has 0 bridgehead atoms. The lowest BCUT2D eigenvalue weighted by Crippen LogP contribution is -2.78. The molecule has 2 aromatic carbocycles. The topological polar surface area (TPSA) is 47.0 Å². The molecule has 3 saturated heterocycles. The molecule has 5 nitrogen and oxygen atoms in total. The molecule has 158 valence electrons. The Morgan fingerprint density at radius 3 is 2.47 bits per heavy atom. The quantitative estimate of drug-likeness (QED) is 0.838. The zero-order valence-corrected chi connectivity index (χ0v) is 17.1. The van der Waals surface area contributed by atoms with Gasteiger partial charge in [-0.2, -0.15) is 0 Å². The normalized spacial score (nSPS) is 25.9. The Kier molecular flexibility index (Phi) is 5.09. The summed E-state index contributed by atoms with van der Waals surface area (Å²) in [6.07, 6.45) is 0.836. The highest BCUT2D eigenvalue weighted by Crippen LogP contribution is 2.39. The molecular formula is C24H28FN3O2. The van der Waals surface area contributed by atoms with Gasteiger partial charge in [0.05, 0.1) is 18.1 Å². The maximum Gasteiger partial charge on any atom is 0.227 e. The van der Waals surface area contributed by atoms with Gasteiger partial charge >= 0.3 is 0 Å². The standard InChI is InChI=1S/C24H28FN3O2/c25-20-8-6-19(7-9-20)12-26-15-24(16-26)17-27(13-21-11-22(29)14-28(21)24)23(30)10-18-4-2-1-3-5-18/h1-9,21-22,29H,10-17H2.